The molecule has 0 aliphatic carbocycles. The van der Waals surface area contributed by atoms with Crippen LogP contribution in [0.1, 0.15) is 109 Å². The van der Waals surface area contributed by atoms with E-state index in [2.05, 4.69) is 0 Å². The van der Waals surface area contributed by atoms with Crippen molar-refractivity contribution in [3.63, 3.8) is 0 Å². The van der Waals surface area contributed by atoms with Crippen molar-refractivity contribution >= 4 is 100 Å². The number of rotatable bonds is 16. The molecule has 0 aromatic heterocycles. The molecule has 87 heavy (non-hydrogen) atoms. The van der Waals surface area contributed by atoms with Crippen molar-refractivity contribution in [3.05, 3.63) is 262 Å². The highest BCUT2D eigenvalue weighted by molar-refractivity contribution is 7.99. The molecule has 0 saturated carbocycles. The minimum Gasteiger partial charge on any atom is -0.481 e. The largest absolute Gasteiger partial charge is 0.481 e. The standard InChI is InChI=1S/2C16H13FO2S.C15H13FOS.C8H7FOS.C8H8O2.4C2H6/c2*1-20-15-8-7-11(10-14(15)17)9-13(16(18)19)12-5-3-2-4-6-12;1-18-15-8-7-11(9-13(15)16)10-14(17)12-5-3-2-4-6-12;1-11-8-3-2-6(5-10)4-7(8)9;9-8(10)6-7-4-2-1-3-5-7;4*1-2/h2*2-10H,1H3,(H,18,19);2-9H,10H2,1H3;2-5H,1H3;1-5H,6H2,(H,9,10);4*1-2H3/b2*13-9+;;;;;;;. The number of hydrogen-bond donors (Lipinski definition) is 3. The Morgan fingerprint density at radius 1 is 0.368 bits per heavy atom. The highest BCUT2D eigenvalue weighted by Gasteiger charge is 2.13. The summed E-state index contributed by atoms with van der Waals surface area (Å²) in [6, 6.07) is 54.5. The Morgan fingerprint density at radius 2 is 0.667 bits per heavy atom. The van der Waals surface area contributed by atoms with Crippen molar-refractivity contribution in [1.82, 2.24) is 0 Å². The van der Waals surface area contributed by atoms with E-state index in [-0.39, 0.29) is 53.0 Å². The van der Waals surface area contributed by atoms with Crippen LogP contribution in [0.25, 0.3) is 23.3 Å². The monoisotopic (exact) mass is 1260 g/mol. The number of halogens is 4. The molecule has 0 radical (unpaired) electrons. The third-order valence-corrected chi connectivity index (χ3v) is 13.9. The molecule has 16 heteroatoms. The Morgan fingerprint density at radius 3 is 0.966 bits per heavy atom. The number of thioether (sulfide) groups is 4. The van der Waals surface area contributed by atoms with Gasteiger partial charge in [-0.3, -0.25) is 14.4 Å². The first-order valence-electron chi connectivity index (χ1n) is 27.6. The molecule has 0 spiro atoms. The lowest BCUT2D eigenvalue weighted by Gasteiger charge is -2.04. The summed E-state index contributed by atoms with van der Waals surface area (Å²) in [6.45, 7) is 16.0. The average molecular weight is 1260 g/mol. The fraction of sp³-hybridized carbons (Fsp3) is 0.197. The molecule has 0 aliphatic rings. The Hall–Kier alpha value is -7.89. The van der Waals surface area contributed by atoms with Crippen LogP contribution in [-0.2, 0) is 27.2 Å². The molecule has 0 atom stereocenters. The van der Waals surface area contributed by atoms with Gasteiger partial charge in [-0.1, -0.05) is 201 Å². The second-order valence-corrected chi connectivity index (χ2v) is 19.6. The molecule has 0 heterocycles. The minimum atomic E-state index is -1.04. The zero-order chi connectivity index (χ0) is 65.7. The molecule has 8 aromatic carbocycles. The summed E-state index contributed by atoms with van der Waals surface area (Å²) in [5.74, 6) is -4.13. The van der Waals surface area contributed by atoms with E-state index in [9.17, 15) is 51.7 Å². The Kier molecular flexibility index (Phi) is 43.0. The average Bonchev–Trinajstić information content (AvgIpc) is 3.46. The number of carboxylic acid groups (broad SMARTS) is 3. The topological polar surface area (TPSA) is 146 Å². The number of carboxylic acids is 3. The maximum atomic E-state index is 13.7. The fourth-order valence-electron chi connectivity index (χ4n) is 6.91. The van der Waals surface area contributed by atoms with E-state index in [1.165, 1.54) is 83.5 Å². The van der Waals surface area contributed by atoms with Crippen molar-refractivity contribution in [2.45, 2.75) is 87.8 Å². The Bertz CT molecular complexity index is 3230. The van der Waals surface area contributed by atoms with Gasteiger partial charge in [0.1, 0.15) is 29.6 Å². The van der Waals surface area contributed by atoms with Gasteiger partial charge in [0.15, 0.2) is 5.78 Å². The van der Waals surface area contributed by atoms with Gasteiger partial charge in [-0.2, -0.15) is 0 Å². The molecule has 8 nitrogen and oxygen atoms in total. The summed E-state index contributed by atoms with van der Waals surface area (Å²) < 4.78 is 53.8. The van der Waals surface area contributed by atoms with Crippen molar-refractivity contribution in [2.75, 3.05) is 25.0 Å². The SMILES string of the molecule is CC.CC.CC.CC.CSc1ccc(/C=C(/C(=O)O)c2ccccc2)cc1F.CSc1ccc(/C=C(/C(=O)O)c2ccccc2)cc1F.CSc1ccc(C=O)cc1F.CSc1ccc(CC(=O)c2ccccc2)cc1F.O=C(O)Cc1ccccc1. The molecule has 8 aromatic rings. The van der Waals surface area contributed by atoms with E-state index in [1.807, 2.05) is 110 Å². The molecule has 3 N–H and O–H groups in total. The fourth-order valence-corrected chi connectivity index (χ4v) is 8.74. The number of carbonyl (C=O) groups excluding carboxylic acids is 2. The second kappa shape index (κ2) is 47.3. The van der Waals surface area contributed by atoms with Crippen molar-refractivity contribution in [2.24, 2.45) is 0 Å². The third kappa shape index (κ3) is 30.3. The van der Waals surface area contributed by atoms with Gasteiger partial charge in [0.2, 0.25) is 0 Å². The van der Waals surface area contributed by atoms with E-state index in [0.29, 0.717) is 64.8 Å². The van der Waals surface area contributed by atoms with Crippen LogP contribution in [0.5, 0.6) is 0 Å². The maximum Gasteiger partial charge on any atom is 0.336 e. The lowest BCUT2D eigenvalue weighted by atomic mass is 10.0. The van der Waals surface area contributed by atoms with Crippen LogP contribution < -0.4 is 0 Å². The molecule has 0 bridgehead atoms. The molecule has 0 aliphatic heterocycles. The lowest BCUT2D eigenvalue weighted by molar-refractivity contribution is -0.136. The number of ketones is 1. The zero-order valence-electron chi connectivity index (χ0n) is 51.1. The van der Waals surface area contributed by atoms with Crippen LogP contribution in [0.15, 0.2) is 214 Å². The van der Waals surface area contributed by atoms with E-state index >= 15 is 0 Å². The van der Waals surface area contributed by atoms with Crippen LogP contribution in [0.3, 0.4) is 0 Å². The number of aliphatic carboxylic acids is 3. The van der Waals surface area contributed by atoms with Gasteiger partial charge in [0.25, 0.3) is 0 Å². The molecule has 0 fully saturated rings. The summed E-state index contributed by atoms with van der Waals surface area (Å²) in [6.07, 6.45) is 11.1. The molecular formula is C71H78F4O8S4. The quantitative estimate of drug-likeness (QED) is 0.0211. The summed E-state index contributed by atoms with van der Waals surface area (Å²) in [4.78, 5) is 57.2. The van der Waals surface area contributed by atoms with Crippen LogP contribution in [0, 0.1) is 23.3 Å². The van der Waals surface area contributed by atoms with Crippen molar-refractivity contribution in [1.29, 1.82) is 0 Å². The van der Waals surface area contributed by atoms with Crippen LogP contribution in [0.4, 0.5) is 17.6 Å². The van der Waals surface area contributed by atoms with Crippen LogP contribution in [-0.4, -0.2) is 70.3 Å². The molecule has 0 amide bonds. The zero-order valence-corrected chi connectivity index (χ0v) is 54.4. The van der Waals surface area contributed by atoms with E-state index in [1.54, 1.807) is 140 Å². The highest BCUT2D eigenvalue weighted by atomic mass is 32.2. The summed E-state index contributed by atoms with van der Waals surface area (Å²) in [5, 5.41) is 27.0. The van der Waals surface area contributed by atoms with Crippen molar-refractivity contribution < 1.29 is 56.9 Å². The number of aldehydes is 1. The first-order chi connectivity index (χ1) is 42.0. The van der Waals surface area contributed by atoms with E-state index < -0.39 is 17.9 Å². The van der Waals surface area contributed by atoms with E-state index in [0.717, 1.165) is 5.56 Å². The van der Waals surface area contributed by atoms with Gasteiger partial charge in [0.05, 0.1) is 17.6 Å². The maximum absolute atomic E-state index is 13.7. The van der Waals surface area contributed by atoms with Gasteiger partial charge in [-0.15, -0.1) is 47.0 Å². The van der Waals surface area contributed by atoms with Gasteiger partial charge < -0.3 is 15.3 Å². The Labute approximate surface area is 528 Å². The second-order valence-electron chi connectivity index (χ2n) is 16.2. The number of benzene rings is 8. The third-order valence-electron chi connectivity index (χ3n) is 10.8. The molecule has 462 valence electrons. The first kappa shape index (κ1) is 79.1. The van der Waals surface area contributed by atoms with Gasteiger partial charge >= 0.3 is 17.9 Å². The molecule has 0 saturated heterocycles. The molecular weight excluding hydrogens is 1190 g/mol. The van der Waals surface area contributed by atoms with Crippen LogP contribution in [0.2, 0.25) is 0 Å². The highest BCUT2D eigenvalue weighted by Crippen LogP contribution is 2.26. The predicted octanol–water partition coefficient (Wildman–Crippen LogP) is 20.1. The van der Waals surface area contributed by atoms with Crippen molar-refractivity contribution in [3.8, 4) is 0 Å². The molecule has 0 unspecified atom stereocenters. The number of carbonyl (C=O) groups is 5. The van der Waals surface area contributed by atoms with Gasteiger partial charge in [-0.25, -0.2) is 27.2 Å². The predicted molar refractivity (Wildman–Crippen MR) is 360 cm³/mol. The van der Waals surface area contributed by atoms with Crippen LogP contribution >= 0.6 is 47.0 Å². The summed E-state index contributed by atoms with van der Waals surface area (Å²) in [7, 11) is 0. The lowest BCUT2D eigenvalue weighted by Crippen LogP contribution is -2.03. The molecule has 8 rings (SSSR count). The minimum absolute atomic E-state index is 0.00639. The number of Topliss-reactive ketones (excluding diaryl/α,β-unsaturated/α-hetero) is 1. The first-order valence-corrected chi connectivity index (χ1v) is 32.5. The summed E-state index contributed by atoms with van der Waals surface area (Å²) >= 11 is 5.31. The van der Waals surface area contributed by atoms with Gasteiger partial charge in [0, 0.05) is 37.1 Å². The Balaban J connectivity index is 0.00000105. The summed E-state index contributed by atoms with van der Waals surface area (Å²) in [5.41, 5.74) is 5.11. The van der Waals surface area contributed by atoms with E-state index in [4.69, 9.17) is 5.11 Å². The smallest absolute Gasteiger partial charge is 0.336 e. The van der Waals surface area contributed by atoms with Gasteiger partial charge in [-0.05, 0) is 119 Å². The number of hydrogen-bond acceptors (Lipinski definition) is 9. The normalized spacial score (nSPS) is 9.93.